The highest BCUT2D eigenvalue weighted by atomic mass is 16.6. The Morgan fingerprint density at radius 1 is 1.29 bits per heavy atom. The van der Waals surface area contributed by atoms with Crippen molar-refractivity contribution in [2.75, 3.05) is 37.3 Å². The van der Waals surface area contributed by atoms with Gasteiger partial charge in [0.2, 0.25) is 5.91 Å². The van der Waals surface area contributed by atoms with Gasteiger partial charge in [-0.15, -0.1) is 0 Å². The van der Waals surface area contributed by atoms with Crippen molar-refractivity contribution in [3.8, 4) is 5.75 Å². The molecule has 8 heteroatoms. The Balaban J connectivity index is 1.89. The van der Waals surface area contributed by atoms with Crippen molar-refractivity contribution in [1.82, 2.24) is 4.90 Å². The minimum absolute atomic E-state index is 0.280. The van der Waals surface area contributed by atoms with E-state index < -0.39 is 11.5 Å². The minimum Gasteiger partial charge on any atom is -0.491 e. The van der Waals surface area contributed by atoms with E-state index >= 15 is 0 Å². The first kappa shape index (κ1) is 21.7. The first-order chi connectivity index (χ1) is 13.1. The molecular weight excluding hydrogens is 360 g/mol. The molecule has 8 nitrogen and oxygen atoms in total. The molecule has 0 unspecified atom stereocenters. The van der Waals surface area contributed by atoms with E-state index in [2.05, 4.69) is 12.2 Å². The second-order valence-corrected chi connectivity index (χ2v) is 8.12. The lowest BCUT2D eigenvalue weighted by molar-refractivity contribution is -0.00382. The van der Waals surface area contributed by atoms with Crippen molar-refractivity contribution in [2.24, 2.45) is 11.7 Å². The summed E-state index contributed by atoms with van der Waals surface area (Å²) in [6, 6.07) is 3.17. The summed E-state index contributed by atoms with van der Waals surface area (Å²) in [6.45, 7) is 10.1. The molecule has 28 heavy (non-hydrogen) atoms. The van der Waals surface area contributed by atoms with Crippen molar-refractivity contribution >= 4 is 23.4 Å². The zero-order valence-electron chi connectivity index (χ0n) is 17.2. The van der Waals surface area contributed by atoms with Gasteiger partial charge in [-0.25, -0.2) is 4.79 Å². The molecule has 2 rings (SSSR count). The van der Waals surface area contributed by atoms with Crippen molar-refractivity contribution < 1.29 is 19.1 Å². The molecule has 1 fully saturated rings. The van der Waals surface area contributed by atoms with E-state index in [9.17, 15) is 9.59 Å². The summed E-state index contributed by atoms with van der Waals surface area (Å²) < 4.78 is 11.3. The second kappa shape index (κ2) is 9.03. The third-order valence-electron chi connectivity index (χ3n) is 4.36. The molecule has 0 radical (unpaired) electrons. The molecule has 0 aromatic heterocycles. The van der Waals surface area contributed by atoms with Gasteiger partial charge >= 0.3 is 6.09 Å². The number of likely N-dealkylation sites (tertiary alicyclic amines) is 1. The van der Waals surface area contributed by atoms with Crippen LogP contribution in [0.2, 0.25) is 0 Å². The van der Waals surface area contributed by atoms with Crippen LogP contribution in [0.3, 0.4) is 0 Å². The van der Waals surface area contributed by atoms with Crippen LogP contribution < -0.4 is 21.5 Å². The standard InChI is InChI=1S/C20H32N4O4/c1-5-7-23-17-15(21)9-14(18(22)25)10-16(17)27-8-6-13-11-24(12-13)19(26)28-20(2,3)4/h9-10,13,23H,5-8,11-12,21H2,1-4H3,(H2,22,25). The highest BCUT2D eigenvalue weighted by Crippen LogP contribution is 2.33. The van der Waals surface area contributed by atoms with Crippen LogP contribution in [0.1, 0.15) is 50.9 Å². The van der Waals surface area contributed by atoms with Gasteiger partial charge in [0.25, 0.3) is 0 Å². The molecule has 1 aliphatic heterocycles. The lowest BCUT2D eigenvalue weighted by Gasteiger charge is -2.39. The number of ether oxygens (including phenoxy) is 2. The Kier molecular flexibility index (Phi) is 6.99. The maximum absolute atomic E-state index is 12.0. The van der Waals surface area contributed by atoms with Crippen LogP contribution in [0.4, 0.5) is 16.2 Å². The first-order valence-corrected chi connectivity index (χ1v) is 9.68. The van der Waals surface area contributed by atoms with E-state index in [1.54, 1.807) is 17.0 Å². The van der Waals surface area contributed by atoms with Gasteiger partial charge in [0, 0.05) is 25.2 Å². The number of carbonyl (C=O) groups excluding carboxylic acids is 2. The monoisotopic (exact) mass is 392 g/mol. The van der Waals surface area contributed by atoms with E-state index in [1.165, 1.54) is 0 Å². The molecule has 0 spiro atoms. The number of primary amides is 1. The molecule has 1 aliphatic rings. The molecule has 0 atom stereocenters. The summed E-state index contributed by atoms with van der Waals surface area (Å²) in [5.74, 6) is 0.326. The highest BCUT2D eigenvalue weighted by Gasteiger charge is 2.33. The number of anilines is 2. The van der Waals surface area contributed by atoms with Gasteiger partial charge in [-0.2, -0.15) is 0 Å². The SMILES string of the molecule is CCCNc1c(N)cc(C(N)=O)cc1OCCC1CN(C(=O)OC(C)(C)C)C1. The number of carbonyl (C=O) groups is 2. The zero-order chi connectivity index (χ0) is 20.9. The van der Waals surface area contributed by atoms with Crippen LogP contribution in [0.25, 0.3) is 0 Å². The summed E-state index contributed by atoms with van der Waals surface area (Å²) in [7, 11) is 0. The number of nitrogens with one attached hydrogen (secondary N) is 1. The van der Waals surface area contributed by atoms with Crippen molar-refractivity contribution in [2.45, 2.75) is 46.1 Å². The fourth-order valence-electron chi connectivity index (χ4n) is 2.90. The topological polar surface area (TPSA) is 120 Å². The Bertz CT molecular complexity index is 709. The zero-order valence-corrected chi connectivity index (χ0v) is 17.2. The molecule has 0 aliphatic carbocycles. The molecule has 2 amide bonds. The molecule has 156 valence electrons. The van der Waals surface area contributed by atoms with Gasteiger partial charge in [-0.1, -0.05) is 6.92 Å². The number of benzene rings is 1. The van der Waals surface area contributed by atoms with Crippen LogP contribution >= 0.6 is 0 Å². The van der Waals surface area contributed by atoms with Crippen molar-refractivity contribution in [3.63, 3.8) is 0 Å². The molecule has 1 aromatic carbocycles. The number of amides is 2. The smallest absolute Gasteiger partial charge is 0.410 e. The summed E-state index contributed by atoms with van der Waals surface area (Å²) in [4.78, 5) is 25.2. The first-order valence-electron chi connectivity index (χ1n) is 9.68. The Hall–Kier alpha value is -2.64. The number of nitrogen functional groups attached to an aromatic ring is 1. The molecular formula is C20H32N4O4. The molecule has 0 bridgehead atoms. The molecule has 0 saturated carbocycles. The Labute approximate surface area is 166 Å². The van der Waals surface area contributed by atoms with Gasteiger partial charge in [0.15, 0.2) is 0 Å². The maximum Gasteiger partial charge on any atom is 0.410 e. The number of nitrogens with zero attached hydrogens (tertiary/aromatic N) is 1. The number of hydrogen-bond donors (Lipinski definition) is 3. The summed E-state index contributed by atoms with van der Waals surface area (Å²) >= 11 is 0. The van der Waals surface area contributed by atoms with Crippen LogP contribution in [0, 0.1) is 5.92 Å². The number of hydrogen-bond acceptors (Lipinski definition) is 6. The van der Waals surface area contributed by atoms with Crippen molar-refractivity contribution in [1.29, 1.82) is 0 Å². The van der Waals surface area contributed by atoms with Crippen LogP contribution in [-0.2, 0) is 4.74 Å². The lowest BCUT2D eigenvalue weighted by Crippen LogP contribution is -2.51. The van der Waals surface area contributed by atoms with Gasteiger partial charge < -0.3 is 31.2 Å². The predicted molar refractivity (Wildman–Crippen MR) is 110 cm³/mol. The quantitative estimate of drug-likeness (QED) is 0.585. The summed E-state index contributed by atoms with van der Waals surface area (Å²) in [5, 5.41) is 3.24. The van der Waals surface area contributed by atoms with Gasteiger partial charge in [-0.3, -0.25) is 4.79 Å². The normalized spacial score (nSPS) is 14.4. The van der Waals surface area contributed by atoms with Crippen LogP contribution in [0.15, 0.2) is 12.1 Å². The van der Waals surface area contributed by atoms with Crippen LogP contribution in [-0.4, -0.2) is 48.7 Å². The average molecular weight is 393 g/mol. The lowest BCUT2D eigenvalue weighted by atomic mass is 9.97. The van der Waals surface area contributed by atoms with E-state index in [-0.39, 0.29) is 6.09 Å². The number of nitrogens with two attached hydrogens (primary N) is 2. The Morgan fingerprint density at radius 2 is 1.96 bits per heavy atom. The minimum atomic E-state index is -0.550. The van der Waals surface area contributed by atoms with Gasteiger partial charge in [-0.05, 0) is 51.7 Å². The number of rotatable bonds is 8. The molecule has 1 aromatic rings. The fourth-order valence-corrected chi connectivity index (χ4v) is 2.90. The van der Waals surface area contributed by atoms with E-state index in [1.807, 2.05) is 20.8 Å². The third kappa shape index (κ3) is 5.94. The maximum atomic E-state index is 12.0. The molecule has 1 saturated heterocycles. The van der Waals surface area contributed by atoms with Gasteiger partial charge in [0.1, 0.15) is 17.0 Å². The summed E-state index contributed by atoms with van der Waals surface area (Å²) in [5.41, 5.74) is 12.4. The van der Waals surface area contributed by atoms with Crippen LogP contribution in [0.5, 0.6) is 5.75 Å². The van der Waals surface area contributed by atoms with E-state index in [0.29, 0.717) is 48.3 Å². The molecule has 5 N–H and O–H groups in total. The van der Waals surface area contributed by atoms with E-state index in [4.69, 9.17) is 20.9 Å². The van der Waals surface area contributed by atoms with E-state index in [0.717, 1.165) is 19.4 Å². The second-order valence-electron chi connectivity index (χ2n) is 8.12. The highest BCUT2D eigenvalue weighted by molar-refractivity contribution is 5.96. The average Bonchev–Trinajstić information content (AvgIpc) is 2.53. The third-order valence-corrected chi connectivity index (χ3v) is 4.36. The molecule has 1 heterocycles. The predicted octanol–water partition coefficient (Wildman–Crippen LogP) is 2.83. The summed E-state index contributed by atoms with van der Waals surface area (Å²) in [6.07, 6.45) is 1.43. The fraction of sp³-hybridized carbons (Fsp3) is 0.600. The van der Waals surface area contributed by atoms with Crippen molar-refractivity contribution in [3.05, 3.63) is 17.7 Å². The van der Waals surface area contributed by atoms with Gasteiger partial charge in [0.05, 0.1) is 12.3 Å². The largest absolute Gasteiger partial charge is 0.491 e. The Morgan fingerprint density at radius 3 is 2.54 bits per heavy atom.